The van der Waals surface area contributed by atoms with Crippen LogP contribution in [0.2, 0.25) is 0 Å². The number of carboxylic acids is 1. The highest BCUT2D eigenvalue weighted by Gasteiger charge is 2.36. The summed E-state index contributed by atoms with van der Waals surface area (Å²) in [5.41, 5.74) is 1.16. The second-order valence-corrected chi connectivity index (χ2v) is 3.76. The molecule has 4 heteroatoms. The van der Waals surface area contributed by atoms with Gasteiger partial charge in [-0.05, 0) is 6.08 Å². The molecule has 0 saturated heterocycles. The van der Waals surface area contributed by atoms with E-state index in [1.54, 1.807) is 12.2 Å². The number of aliphatic hydroxyl groups excluding tert-OH is 1. The molecule has 80 valence electrons. The summed E-state index contributed by atoms with van der Waals surface area (Å²) in [7, 11) is 1.81. The second-order valence-electron chi connectivity index (χ2n) is 3.76. The molecule has 2 rings (SSSR count). The topological polar surface area (TPSA) is 60.8 Å². The van der Waals surface area contributed by atoms with E-state index in [1.807, 2.05) is 24.1 Å². The largest absolute Gasteiger partial charge is 0.478 e. The molecule has 0 aromatic rings. The van der Waals surface area contributed by atoms with Crippen LogP contribution >= 0.6 is 0 Å². The Bertz CT molecular complexity index is 381. The third-order valence-corrected chi connectivity index (χ3v) is 2.96. The summed E-state index contributed by atoms with van der Waals surface area (Å²) in [5.74, 6) is -0.831. The van der Waals surface area contributed by atoms with Gasteiger partial charge >= 0.3 is 5.97 Å². The number of carbonyl (C=O) groups is 1. The first-order valence-electron chi connectivity index (χ1n) is 4.81. The van der Waals surface area contributed by atoms with Gasteiger partial charge in [-0.25, -0.2) is 4.79 Å². The van der Waals surface area contributed by atoms with E-state index in [4.69, 9.17) is 10.2 Å². The maximum Gasteiger partial charge on any atom is 0.333 e. The van der Waals surface area contributed by atoms with Gasteiger partial charge in [0.05, 0.1) is 18.2 Å². The number of hydrogen-bond acceptors (Lipinski definition) is 3. The Labute approximate surface area is 87.8 Å². The quantitative estimate of drug-likeness (QED) is 0.687. The van der Waals surface area contributed by atoms with Crippen LogP contribution in [0.25, 0.3) is 0 Å². The van der Waals surface area contributed by atoms with Gasteiger partial charge in [-0.3, -0.25) is 0 Å². The van der Waals surface area contributed by atoms with Crippen molar-refractivity contribution in [2.24, 2.45) is 5.92 Å². The summed E-state index contributed by atoms with van der Waals surface area (Å²) >= 11 is 0. The minimum Gasteiger partial charge on any atom is -0.478 e. The average molecular weight is 207 g/mol. The predicted molar refractivity (Wildman–Crippen MR) is 55.1 cm³/mol. The van der Waals surface area contributed by atoms with Crippen LogP contribution in [0.1, 0.15) is 0 Å². The van der Waals surface area contributed by atoms with Crippen molar-refractivity contribution in [3.05, 3.63) is 35.6 Å². The second kappa shape index (κ2) is 3.55. The Morgan fingerprint density at radius 3 is 2.93 bits per heavy atom. The summed E-state index contributed by atoms with van der Waals surface area (Å²) in [5, 5.41) is 18.2. The van der Waals surface area contributed by atoms with Gasteiger partial charge in [0.15, 0.2) is 0 Å². The van der Waals surface area contributed by atoms with Crippen molar-refractivity contribution in [1.29, 1.82) is 0 Å². The molecule has 2 unspecified atom stereocenters. The van der Waals surface area contributed by atoms with Gasteiger partial charge in [0, 0.05) is 18.7 Å². The number of rotatable bonds is 2. The Morgan fingerprint density at radius 1 is 1.60 bits per heavy atom. The minimum absolute atomic E-state index is 0.0514. The zero-order chi connectivity index (χ0) is 11.0. The molecular weight excluding hydrogens is 194 g/mol. The average Bonchev–Trinajstić information content (AvgIpc) is 2.55. The highest BCUT2D eigenvalue weighted by molar-refractivity contribution is 5.89. The third kappa shape index (κ3) is 1.47. The SMILES string of the molecule is CN1C(CO)=CC2C=CC=C(C(=O)O)C21. The van der Waals surface area contributed by atoms with Crippen LogP contribution in [0.15, 0.2) is 35.6 Å². The van der Waals surface area contributed by atoms with Crippen molar-refractivity contribution in [3.63, 3.8) is 0 Å². The summed E-state index contributed by atoms with van der Waals surface area (Å²) in [6.45, 7) is -0.0514. The Balaban J connectivity index is 2.34. The van der Waals surface area contributed by atoms with Crippen LogP contribution < -0.4 is 0 Å². The predicted octanol–water partition coefficient (Wildman–Crippen LogP) is 0.374. The molecule has 0 saturated carbocycles. The van der Waals surface area contributed by atoms with Crippen LogP contribution in [-0.4, -0.2) is 40.8 Å². The number of fused-ring (bicyclic) bond motifs is 1. The molecule has 0 bridgehead atoms. The van der Waals surface area contributed by atoms with Crippen LogP contribution in [0.4, 0.5) is 0 Å². The lowest BCUT2D eigenvalue weighted by atomic mass is 9.90. The molecule has 0 spiro atoms. The molecule has 0 amide bonds. The minimum atomic E-state index is -0.895. The highest BCUT2D eigenvalue weighted by Crippen LogP contribution is 2.33. The van der Waals surface area contributed by atoms with Crippen molar-refractivity contribution in [3.8, 4) is 0 Å². The fraction of sp³-hybridized carbons (Fsp3) is 0.364. The lowest BCUT2D eigenvalue weighted by Crippen LogP contribution is -2.36. The highest BCUT2D eigenvalue weighted by atomic mass is 16.4. The molecule has 2 aliphatic rings. The Hall–Kier alpha value is -1.55. The first kappa shape index (κ1) is 9.98. The van der Waals surface area contributed by atoms with Crippen molar-refractivity contribution in [1.82, 2.24) is 4.90 Å². The van der Waals surface area contributed by atoms with Gasteiger partial charge < -0.3 is 15.1 Å². The first-order valence-corrected chi connectivity index (χ1v) is 4.81. The fourth-order valence-corrected chi connectivity index (χ4v) is 2.19. The van der Waals surface area contributed by atoms with Crippen molar-refractivity contribution in [2.45, 2.75) is 6.04 Å². The molecule has 1 heterocycles. The van der Waals surface area contributed by atoms with E-state index in [2.05, 4.69) is 0 Å². The zero-order valence-corrected chi connectivity index (χ0v) is 8.42. The van der Waals surface area contributed by atoms with Gasteiger partial charge in [0.2, 0.25) is 0 Å². The van der Waals surface area contributed by atoms with Crippen molar-refractivity contribution >= 4 is 5.97 Å². The molecule has 1 aliphatic carbocycles. The number of allylic oxidation sites excluding steroid dienone is 2. The van der Waals surface area contributed by atoms with E-state index in [0.29, 0.717) is 5.57 Å². The fourth-order valence-electron chi connectivity index (χ4n) is 2.19. The van der Waals surface area contributed by atoms with Crippen LogP contribution in [0.5, 0.6) is 0 Å². The van der Waals surface area contributed by atoms with E-state index >= 15 is 0 Å². The zero-order valence-electron chi connectivity index (χ0n) is 8.42. The van der Waals surface area contributed by atoms with Gasteiger partial charge in [0.1, 0.15) is 0 Å². The normalized spacial score (nSPS) is 28.5. The van der Waals surface area contributed by atoms with E-state index < -0.39 is 5.97 Å². The molecule has 2 atom stereocenters. The third-order valence-electron chi connectivity index (χ3n) is 2.96. The number of hydrogen-bond donors (Lipinski definition) is 2. The van der Waals surface area contributed by atoms with Crippen LogP contribution in [-0.2, 0) is 4.79 Å². The van der Waals surface area contributed by atoms with Gasteiger partial charge in [0.25, 0.3) is 0 Å². The van der Waals surface area contributed by atoms with E-state index in [1.165, 1.54) is 0 Å². The van der Waals surface area contributed by atoms with Gasteiger partial charge in [-0.2, -0.15) is 0 Å². The molecular formula is C11H13NO3. The number of aliphatic carboxylic acids is 1. The molecule has 4 nitrogen and oxygen atoms in total. The van der Waals surface area contributed by atoms with E-state index in [-0.39, 0.29) is 18.6 Å². The lowest BCUT2D eigenvalue weighted by Gasteiger charge is -2.29. The number of carboxylic acid groups (broad SMARTS) is 1. The molecule has 0 fully saturated rings. The standard InChI is InChI=1S/C11H13NO3/c1-12-8(6-13)5-7-3-2-4-9(10(7)12)11(14)15/h2-5,7,10,13H,6H2,1H3,(H,14,15). The maximum atomic E-state index is 11.0. The smallest absolute Gasteiger partial charge is 0.333 e. The molecule has 0 aromatic carbocycles. The first-order chi connectivity index (χ1) is 7.15. The molecule has 2 N–H and O–H groups in total. The Kier molecular flexibility index (Phi) is 2.36. The maximum absolute atomic E-state index is 11.0. The van der Waals surface area contributed by atoms with E-state index in [9.17, 15) is 4.79 Å². The number of aliphatic hydroxyl groups is 1. The van der Waals surface area contributed by atoms with Crippen molar-refractivity contribution in [2.75, 3.05) is 13.7 Å². The Morgan fingerprint density at radius 2 is 2.33 bits per heavy atom. The van der Waals surface area contributed by atoms with Crippen LogP contribution in [0, 0.1) is 5.92 Å². The monoisotopic (exact) mass is 207 g/mol. The summed E-state index contributed by atoms with van der Waals surface area (Å²) in [6.07, 6.45) is 7.25. The van der Waals surface area contributed by atoms with Crippen LogP contribution in [0.3, 0.4) is 0 Å². The van der Waals surface area contributed by atoms with Crippen molar-refractivity contribution < 1.29 is 15.0 Å². The summed E-state index contributed by atoms with van der Waals surface area (Å²) < 4.78 is 0. The molecule has 0 radical (unpaired) electrons. The summed E-state index contributed by atoms with van der Waals surface area (Å²) in [4.78, 5) is 12.9. The van der Waals surface area contributed by atoms with E-state index in [0.717, 1.165) is 5.70 Å². The molecule has 1 aliphatic heterocycles. The number of likely N-dealkylation sites (N-methyl/N-ethyl adjacent to an activating group) is 1. The van der Waals surface area contributed by atoms with Gasteiger partial charge in [-0.15, -0.1) is 0 Å². The molecule has 0 aromatic heterocycles. The lowest BCUT2D eigenvalue weighted by molar-refractivity contribution is -0.133. The summed E-state index contributed by atoms with van der Waals surface area (Å²) in [6, 6.07) is -0.172. The number of nitrogens with zero attached hydrogens (tertiary/aromatic N) is 1. The van der Waals surface area contributed by atoms with Gasteiger partial charge in [-0.1, -0.05) is 18.2 Å². The molecule has 15 heavy (non-hydrogen) atoms.